The van der Waals surface area contributed by atoms with Crippen molar-refractivity contribution in [1.29, 1.82) is 0 Å². The summed E-state index contributed by atoms with van der Waals surface area (Å²) in [6, 6.07) is 8.03. The lowest BCUT2D eigenvalue weighted by Gasteiger charge is -2.33. The van der Waals surface area contributed by atoms with E-state index in [4.69, 9.17) is 0 Å². The summed E-state index contributed by atoms with van der Waals surface area (Å²) in [7, 11) is 0. The molecule has 1 aliphatic heterocycles. The number of rotatable bonds is 8. The number of benzene rings is 1. The summed E-state index contributed by atoms with van der Waals surface area (Å²) in [4.78, 5) is 38.4. The normalized spacial score (nSPS) is 17.6. The Bertz CT molecular complexity index is 678. The first kappa shape index (κ1) is 24.9. The van der Waals surface area contributed by atoms with Gasteiger partial charge in [-0.2, -0.15) is 0 Å². The van der Waals surface area contributed by atoms with Crippen molar-refractivity contribution in [1.82, 2.24) is 10.2 Å². The van der Waals surface area contributed by atoms with E-state index in [1.54, 1.807) is 4.90 Å². The number of aliphatic carboxylic acids is 1. The van der Waals surface area contributed by atoms with Gasteiger partial charge in [-0.05, 0) is 24.8 Å². The van der Waals surface area contributed by atoms with Crippen LogP contribution in [0.2, 0.25) is 0 Å². The number of carbonyl (C=O) groups excluding carboxylic acids is 2. The zero-order valence-electron chi connectivity index (χ0n) is 17.1. The van der Waals surface area contributed by atoms with Gasteiger partial charge < -0.3 is 33.5 Å². The number of hydrogen-bond donors (Lipinski definition) is 3. The predicted octanol–water partition coefficient (Wildman–Crippen LogP) is -2.30. The molecular weight excluding hydrogens is 394 g/mol. The van der Waals surface area contributed by atoms with E-state index in [-0.39, 0.29) is 48.5 Å². The molecule has 0 aliphatic carbocycles. The van der Waals surface area contributed by atoms with Crippen LogP contribution < -0.4 is 23.5 Å². The summed E-state index contributed by atoms with van der Waals surface area (Å²) in [5, 5.41) is 12.1. The summed E-state index contributed by atoms with van der Waals surface area (Å²) in [6.45, 7) is 5.08. The van der Waals surface area contributed by atoms with Gasteiger partial charge >= 0.3 is 5.97 Å². The minimum atomic E-state index is -1.04. The van der Waals surface area contributed by atoms with Gasteiger partial charge in [-0.15, -0.1) is 0 Å². The number of nitrogens with one attached hydrogen (secondary N) is 1. The van der Waals surface area contributed by atoms with Crippen molar-refractivity contribution in [3.8, 4) is 0 Å². The molecule has 1 fully saturated rings. The van der Waals surface area contributed by atoms with Crippen molar-refractivity contribution in [2.45, 2.75) is 51.6 Å². The summed E-state index contributed by atoms with van der Waals surface area (Å²) in [5.74, 6) is -1.29. The van der Waals surface area contributed by atoms with E-state index in [0.717, 1.165) is 12.0 Å². The van der Waals surface area contributed by atoms with Crippen LogP contribution in [-0.4, -0.2) is 53.0 Å². The number of nitrogens with zero attached hydrogens (tertiary/aromatic N) is 1. The molecule has 1 aliphatic rings. The van der Waals surface area contributed by atoms with E-state index < -0.39 is 12.0 Å². The van der Waals surface area contributed by atoms with Gasteiger partial charge in [0.05, 0.1) is 0 Å². The maximum Gasteiger partial charge on any atom is 0.326 e. The lowest BCUT2D eigenvalue weighted by molar-refractivity contribution is -0.417. The van der Waals surface area contributed by atoms with Crippen molar-refractivity contribution in [3.05, 3.63) is 35.9 Å². The molecule has 0 bridgehead atoms. The molecule has 1 unspecified atom stereocenters. The van der Waals surface area contributed by atoms with Crippen molar-refractivity contribution in [2.24, 2.45) is 11.8 Å². The fraction of sp³-hybridized carbons (Fsp3) is 0.571. The molecule has 0 saturated carbocycles. The third kappa shape index (κ3) is 7.01. The number of likely N-dealkylation sites (tertiary alicyclic amines) is 1. The van der Waals surface area contributed by atoms with Crippen molar-refractivity contribution in [2.75, 3.05) is 13.1 Å². The maximum atomic E-state index is 12.6. The van der Waals surface area contributed by atoms with Crippen LogP contribution in [0.5, 0.6) is 0 Å². The predicted molar refractivity (Wildman–Crippen MR) is 105 cm³/mol. The van der Waals surface area contributed by atoms with Gasteiger partial charge in [0.25, 0.3) is 5.91 Å². The van der Waals surface area contributed by atoms with Crippen molar-refractivity contribution < 1.29 is 37.6 Å². The van der Waals surface area contributed by atoms with Crippen LogP contribution in [0.1, 0.15) is 38.7 Å². The van der Waals surface area contributed by atoms with Crippen LogP contribution in [0.3, 0.4) is 0 Å². The van der Waals surface area contributed by atoms with Crippen LogP contribution >= 0.6 is 0 Å². The zero-order chi connectivity index (χ0) is 20.7. The smallest absolute Gasteiger partial charge is 0.326 e. The third-order valence-corrected chi connectivity index (χ3v) is 5.72. The van der Waals surface area contributed by atoms with Gasteiger partial charge in [0, 0.05) is 31.3 Å². The largest absolute Gasteiger partial charge is 1.00 e. The van der Waals surface area contributed by atoms with Crippen LogP contribution in [-0.2, 0) is 20.8 Å². The molecular formula is C21H32ClN3O4. The second kappa shape index (κ2) is 11.8. The van der Waals surface area contributed by atoms with Crippen LogP contribution in [0.25, 0.3) is 0 Å². The van der Waals surface area contributed by atoms with Crippen LogP contribution in [0.15, 0.2) is 30.3 Å². The first-order chi connectivity index (χ1) is 13.3. The van der Waals surface area contributed by atoms with Crippen molar-refractivity contribution in [3.63, 3.8) is 0 Å². The second-order valence-electron chi connectivity index (χ2n) is 7.68. The third-order valence-electron chi connectivity index (χ3n) is 5.72. The van der Waals surface area contributed by atoms with Gasteiger partial charge in [-0.25, -0.2) is 4.79 Å². The Hall–Kier alpha value is -2.12. The number of carbonyl (C=O) groups is 3. The highest BCUT2D eigenvalue weighted by molar-refractivity contribution is 5.86. The summed E-state index contributed by atoms with van der Waals surface area (Å²) < 4.78 is 0. The zero-order valence-corrected chi connectivity index (χ0v) is 17.9. The Morgan fingerprint density at radius 1 is 1.21 bits per heavy atom. The van der Waals surface area contributed by atoms with E-state index in [1.165, 1.54) is 0 Å². The first-order valence-corrected chi connectivity index (χ1v) is 10.0. The Labute approximate surface area is 178 Å². The molecule has 1 aromatic rings. The maximum absolute atomic E-state index is 12.6. The highest BCUT2D eigenvalue weighted by Gasteiger charge is 2.34. The standard InChI is InChI=1S/C21H31N3O4.ClH/c1-3-14(2)18(22)20(26)24-11-9-16(10-12-24)19(25)23-17(21(27)28)13-15-7-5-4-6-8-15;/h4-8,14,16-18H,3,9-13,22H2,1-2H3,(H,23,25)(H,27,28);1H/t14?,17-,18+;/m1./s1. The van der Waals surface area contributed by atoms with Gasteiger partial charge in [0.15, 0.2) is 6.04 Å². The summed E-state index contributed by atoms with van der Waals surface area (Å²) >= 11 is 0. The molecule has 7 nitrogen and oxygen atoms in total. The Morgan fingerprint density at radius 2 is 1.79 bits per heavy atom. The van der Waals surface area contributed by atoms with Crippen molar-refractivity contribution >= 4 is 17.8 Å². The molecule has 1 heterocycles. The minimum Gasteiger partial charge on any atom is -1.00 e. The highest BCUT2D eigenvalue weighted by atomic mass is 35.5. The van der Waals surface area contributed by atoms with E-state index >= 15 is 0 Å². The number of hydrogen-bond acceptors (Lipinski definition) is 3. The quantitative estimate of drug-likeness (QED) is 0.434. The molecule has 0 radical (unpaired) electrons. The molecule has 2 rings (SSSR count). The van der Waals surface area contributed by atoms with Gasteiger partial charge in [-0.1, -0.05) is 44.2 Å². The Morgan fingerprint density at radius 3 is 2.31 bits per heavy atom. The number of halogens is 1. The summed E-state index contributed by atoms with van der Waals surface area (Å²) in [5.41, 5.74) is 4.86. The molecule has 0 aromatic heterocycles. The van der Waals surface area contributed by atoms with Crippen LogP contribution in [0.4, 0.5) is 0 Å². The summed E-state index contributed by atoms with van der Waals surface area (Å²) in [6.07, 6.45) is 2.24. The van der Waals surface area contributed by atoms with E-state index in [1.807, 2.05) is 44.2 Å². The van der Waals surface area contributed by atoms with E-state index in [0.29, 0.717) is 25.9 Å². The molecule has 0 spiro atoms. The Kier molecular flexibility index (Phi) is 10.1. The molecule has 1 saturated heterocycles. The number of carboxylic acid groups (broad SMARTS) is 1. The SMILES string of the molecule is CCC(C)[C@H]([NH3+])C(=O)N1CCC(C(=O)N[C@H](Cc2ccccc2)C(=O)O)CC1.[Cl-]. The fourth-order valence-electron chi connectivity index (χ4n) is 3.46. The molecule has 1 aromatic carbocycles. The molecule has 5 N–H and O–H groups in total. The van der Waals surface area contributed by atoms with Gasteiger partial charge in [0.1, 0.15) is 6.04 Å². The Balaban J connectivity index is 0.00000420. The lowest BCUT2D eigenvalue weighted by atomic mass is 9.93. The lowest BCUT2D eigenvalue weighted by Crippen LogP contribution is -3.00. The van der Waals surface area contributed by atoms with E-state index in [2.05, 4.69) is 11.1 Å². The monoisotopic (exact) mass is 425 g/mol. The second-order valence-corrected chi connectivity index (χ2v) is 7.68. The topological polar surface area (TPSA) is 114 Å². The van der Waals surface area contributed by atoms with Gasteiger partial charge in [-0.3, -0.25) is 9.59 Å². The molecule has 8 heteroatoms. The van der Waals surface area contributed by atoms with Crippen LogP contribution in [0, 0.1) is 11.8 Å². The van der Waals surface area contributed by atoms with Gasteiger partial charge in [0.2, 0.25) is 5.91 Å². The van der Waals surface area contributed by atoms with E-state index in [9.17, 15) is 19.5 Å². The number of carboxylic acids is 1. The molecule has 162 valence electrons. The number of amides is 2. The number of quaternary nitrogens is 1. The molecule has 29 heavy (non-hydrogen) atoms. The fourth-order valence-corrected chi connectivity index (χ4v) is 3.46. The number of piperidine rings is 1. The molecule has 2 amide bonds. The first-order valence-electron chi connectivity index (χ1n) is 10.0. The average molecular weight is 426 g/mol. The average Bonchev–Trinajstić information content (AvgIpc) is 2.72. The molecule has 3 atom stereocenters. The highest BCUT2D eigenvalue weighted by Crippen LogP contribution is 2.19. The minimum absolute atomic E-state index is 0.